The first-order valence-corrected chi connectivity index (χ1v) is 5.79. The highest BCUT2D eigenvalue weighted by Gasteiger charge is 2.11. The van der Waals surface area contributed by atoms with Crippen LogP contribution in [0.2, 0.25) is 0 Å². The van der Waals surface area contributed by atoms with E-state index in [1.165, 1.54) is 0 Å². The lowest BCUT2D eigenvalue weighted by Crippen LogP contribution is -2.26. The molecular weight excluding hydrogens is 204 g/mol. The first kappa shape index (κ1) is 11.1. The molecule has 0 bridgehead atoms. The van der Waals surface area contributed by atoms with Gasteiger partial charge in [0.25, 0.3) is 0 Å². The molecule has 2 rings (SSSR count). The van der Waals surface area contributed by atoms with Gasteiger partial charge < -0.3 is 15.0 Å². The third kappa shape index (κ3) is 2.82. The van der Waals surface area contributed by atoms with Crippen molar-refractivity contribution in [3.63, 3.8) is 0 Å². The Labute approximate surface area is 95.8 Å². The Kier molecular flexibility index (Phi) is 3.93. The molecule has 1 aliphatic heterocycles. The van der Waals surface area contributed by atoms with Gasteiger partial charge in [-0.2, -0.15) is 0 Å². The van der Waals surface area contributed by atoms with E-state index in [0.717, 1.165) is 50.9 Å². The van der Waals surface area contributed by atoms with Crippen molar-refractivity contribution >= 4 is 11.6 Å². The summed E-state index contributed by atoms with van der Waals surface area (Å²) in [6.07, 6.45) is 2.67. The smallest absolute Gasteiger partial charge is 0.134 e. The molecule has 2 heterocycles. The number of hydrogen-bond acceptors (Lipinski definition) is 5. The maximum Gasteiger partial charge on any atom is 0.134 e. The van der Waals surface area contributed by atoms with E-state index in [0.29, 0.717) is 0 Å². The van der Waals surface area contributed by atoms with Gasteiger partial charge in [0.2, 0.25) is 0 Å². The van der Waals surface area contributed by atoms with Crippen molar-refractivity contribution in [1.82, 2.24) is 9.97 Å². The van der Waals surface area contributed by atoms with Gasteiger partial charge in [0, 0.05) is 32.3 Å². The van der Waals surface area contributed by atoms with Gasteiger partial charge >= 0.3 is 0 Å². The van der Waals surface area contributed by atoms with Crippen LogP contribution in [-0.2, 0) is 4.74 Å². The molecule has 0 radical (unpaired) electrons. The van der Waals surface area contributed by atoms with Crippen molar-refractivity contribution in [2.45, 2.75) is 13.3 Å². The highest BCUT2D eigenvalue weighted by atomic mass is 16.5. The summed E-state index contributed by atoms with van der Waals surface area (Å²) in [7, 11) is 0. The van der Waals surface area contributed by atoms with E-state index in [4.69, 9.17) is 4.74 Å². The Balaban J connectivity index is 2.08. The summed E-state index contributed by atoms with van der Waals surface area (Å²) < 4.78 is 5.42. The lowest BCUT2D eigenvalue weighted by atomic mass is 10.4. The monoisotopic (exact) mass is 222 g/mol. The second-order valence-corrected chi connectivity index (χ2v) is 3.74. The molecule has 0 saturated carbocycles. The molecule has 1 N–H and O–H groups in total. The van der Waals surface area contributed by atoms with E-state index >= 15 is 0 Å². The highest BCUT2D eigenvalue weighted by Crippen LogP contribution is 2.15. The Bertz CT molecular complexity index is 324. The van der Waals surface area contributed by atoms with Crippen LogP contribution in [-0.4, -0.2) is 42.8 Å². The first-order chi connectivity index (χ1) is 7.90. The summed E-state index contributed by atoms with van der Waals surface area (Å²) >= 11 is 0. The molecule has 1 aromatic rings. The molecule has 0 aromatic carbocycles. The second-order valence-electron chi connectivity index (χ2n) is 3.74. The van der Waals surface area contributed by atoms with Crippen LogP contribution in [0, 0.1) is 0 Å². The fraction of sp³-hybridized carbons (Fsp3) is 0.636. The number of hydrogen-bond donors (Lipinski definition) is 1. The summed E-state index contributed by atoms with van der Waals surface area (Å²) in [6, 6.07) is 1.99. The zero-order chi connectivity index (χ0) is 11.2. The molecule has 0 atom stereocenters. The molecule has 5 nitrogen and oxygen atoms in total. The third-order valence-corrected chi connectivity index (χ3v) is 2.56. The van der Waals surface area contributed by atoms with Gasteiger partial charge in [0.1, 0.15) is 18.0 Å². The third-order valence-electron chi connectivity index (χ3n) is 2.56. The Morgan fingerprint density at radius 3 is 3.19 bits per heavy atom. The lowest BCUT2D eigenvalue weighted by molar-refractivity contribution is 0.152. The first-order valence-electron chi connectivity index (χ1n) is 5.79. The number of nitrogens with zero attached hydrogens (tertiary/aromatic N) is 3. The zero-order valence-electron chi connectivity index (χ0n) is 9.65. The second kappa shape index (κ2) is 5.65. The van der Waals surface area contributed by atoms with Gasteiger partial charge in [-0.15, -0.1) is 0 Å². The SMILES string of the molecule is CCNc1cc(N2CCCOCC2)ncn1. The quantitative estimate of drug-likeness (QED) is 0.831. The van der Waals surface area contributed by atoms with Crippen LogP contribution >= 0.6 is 0 Å². The minimum Gasteiger partial charge on any atom is -0.380 e. The fourth-order valence-corrected chi connectivity index (χ4v) is 1.77. The normalized spacial score (nSPS) is 16.9. The van der Waals surface area contributed by atoms with Gasteiger partial charge in [-0.3, -0.25) is 0 Å². The number of nitrogens with one attached hydrogen (secondary N) is 1. The number of aromatic nitrogens is 2. The number of anilines is 2. The van der Waals surface area contributed by atoms with Crippen molar-refractivity contribution in [2.75, 3.05) is 43.1 Å². The van der Waals surface area contributed by atoms with E-state index in [1.807, 2.05) is 6.07 Å². The van der Waals surface area contributed by atoms with E-state index in [2.05, 4.69) is 27.1 Å². The summed E-state index contributed by atoms with van der Waals surface area (Å²) in [5.41, 5.74) is 0. The average Bonchev–Trinajstić information content (AvgIpc) is 2.58. The summed E-state index contributed by atoms with van der Waals surface area (Å²) in [5.74, 6) is 1.87. The zero-order valence-corrected chi connectivity index (χ0v) is 9.65. The van der Waals surface area contributed by atoms with E-state index in [9.17, 15) is 0 Å². The van der Waals surface area contributed by atoms with Crippen LogP contribution < -0.4 is 10.2 Å². The topological polar surface area (TPSA) is 50.3 Å². The molecule has 1 aliphatic rings. The van der Waals surface area contributed by atoms with Gasteiger partial charge in [-0.25, -0.2) is 9.97 Å². The molecular formula is C11H18N4O. The maximum absolute atomic E-state index is 5.42. The van der Waals surface area contributed by atoms with E-state index < -0.39 is 0 Å². The Morgan fingerprint density at radius 1 is 1.38 bits per heavy atom. The molecule has 0 spiro atoms. The standard InChI is InChI=1S/C11H18N4O/c1-2-12-10-8-11(14-9-13-10)15-4-3-6-16-7-5-15/h8-9H,2-7H2,1H3,(H,12,13,14). The molecule has 1 fully saturated rings. The fourth-order valence-electron chi connectivity index (χ4n) is 1.77. The van der Waals surface area contributed by atoms with Crippen LogP contribution in [0.4, 0.5) is 11.6 Å². The molecule has 0 amide bonds. The van der Waals surface area contributed by atoms with Gasteiger partial charge in [0.05, 0.1) is 6.61 Å². The van der Waals surface area contributed by atoms with Crippen molar-refractivity contribution < 1.29 is 4.74 Å². The number of ether oxygens (including phenoxy) is 1. The molecule has 5 heteroatoms. The van der Waals surface area contributed by atoms with Crippen molar-refractivity contribution in [1.29, 1.82) is 0 Å². The predicted molar refractivity (Wildman–Crippen MR) is 63.8 cm³/mol. The molecule has 1 saturated heterocycles. The largest absolute Gasteiger partial charge is 0.380 e. The van der Waals surface area contributed by atoms with Crippen LogP contribution in [0.25, 0.3) is 0 Å². The maximum atomic E-state index is 5.42. The molecule has 0 unspecified atom stereocenters. The van der Waals surface area contributed by atoms with E-state index in [1.54, 1.807) is 6.33 Å². The minimum absolute atomic E-state index is 0.778. The Morgan fingerprint density at radius 2 is 2.31 bits per heavy atom. The van der Waals surface area contributed by atoms with Crippen molar-refractivity contribution in [3.8, 4) is 0 Å². The molecule has 0 aliphatic carbocycles. The van der Waals surface area contributed by atoms with Crippen LogP contribution in [0.5, 0.6) is 0 Å². The highest BCUT2D eigenvalue weighted by molar-refractivity contribution is 5.48. The van der Waals surface area contributed by atoms with E-state index in [-0.39, 0.29) is 0 Å². The minimum atomic E-state index is 0.778. The summed E-state index contributed by atoms with van der Waals surface area (Å²) in [6.45, 7) is 6.47. The van der Waals surface area contributed by atoms with Crippen LogP contribution in [0.15, 0.2) is 12.4 Å². The molecule has 1 aromatic heterocycles. The molecule has 88 valence electrons. The summed E-state index contributed by atoms with van der Waals surface area (Å²) in [5, 5.41) is 3.19. The average molecular weight is 222 g/mol. The Hall–Kier alpha value is -1.36. The van der Waals surface area contributed by atoms with Crippen molar-refractivity contribution in [3.05, 3.63) is 12.4 Å². The predicted octanol–water partition coefficient (Wildman–Crippen LogP) is 1.14. The van der Waals surface area contributed by atoms with Crippen LogP contribution in [0.1, 0.15) is 13.3 Å². The van der Waals surface area contributed by atoms with Gasteiger partial charge in [-0.05, 0) is 13.3 Å². The van der Waals surface area contributed by atoms with Gasteiger partial charge in [0.15, 0.2) is 0 Å². The van der Waals surface area contributed by atoms with Crippen molar-refractivity contribution in [2.24, 2.45) is 0 Å². The number of rotatable bonds is 3. The molecule has 16 heavy (non-hydrogen) atoms. The van der Waals surface area contributed by atoms with Crippen LogP contribution in [0.3, 0.4) is 0 Å². The lowest BCUT2D eigenvalue weighted by Gasteiger charge is -2.20. The summed E-state index contributed by atoms with van der Waals surface area (Å²) in [4.78, 5) is 10.7. The van der Waals surface area contributed by atoms with Gasteiger partial charge in [-0.1, -0.05) is 0 Å².